The molecule has 0 N–H and O–H groups in total. The van der Waals surface area contributed by atoms with Crippen LogP contribution >= 0.6 is 11.6 Å². The molecule has 92 valence electrons. The van der Waals surface area contributed by atoms with Crippen LogP contribution < -0.4 is 0 Å². The first-order valence-electron chi connectivity index (χ1n) is 5.78. The number of rotatable bonds is 3. The molecule has 0 spiro atoms. The van der Waals surface area contributed by atoms with Crippen molar-refractivity contribution in [2.45, 2.75) is 32.7 Å². The van der Waals surface area contributed by atoms with Gasteiger partial charge in [0.1, 0.15) is 11.6 Å². The quantitative estimate of drug-likeness (QED) is 0.753. The van der Waals surface area contributed by atoms with Crippen LogP contribution in [0.2, 0.25) is 0 Å². The van der Waals surface area contributed by atoms with Crippen LogP contribution in [0.25, 0.3) is 11.0 Å². The van der Waals surface area contributed by atoms with Gasteiger partial charge in [-0.15, -0.1) is 11.6 Å². The molecule has 0 saturated carbocycles. The standard InChI is InChI=1S/C13H16ClFN2/c1-8(2)7-17-12-6-10(15)4-5-11(12)16-13(17)9(3)14/h4-6,8-9H,7H2,1-3H3. The molecule has 1 aromatic carbocycles. The first-order chi connectivity index (χ1) is 7.99. The predicted octanol–water partition coefficient (Wildman–Crippen LogP) is 4.13. The molecule has 2 rings (SSSR count). The molecule has 17 heavy (non-hydrogen) atoms. The fraction of sp³-hybridized carbons (Fsp3) is 0.462. The van der Waals surface area contributed by atoms with Crippen LogP contribution in [0.4, 0.5) is 4.39 Å². The van der Waals surface area contributed by atoms with Crippen LogP contribution in [0, 0.1) is 11.7 Å². The molecule has 0 aliphatic heterocycles. The summed E-state index contributed by atoms with van der Waals surface area (Å²) in [6.45, 7) is 6.92. The van der Waals surface area contributed by atoms with E-state index >= 15 is 0 Å². The van der Waals surface area contributed by atoms with Crippen LogP contribution in [0.5, 0.6) is 0 Å². The van der Waals surface area contributed by atoms with Crippen molar-refractivity contribution in [2.75, 3.05) is 0 Å². The molecular formula is C13H16ClFN2. The molecule has 1 unspecified atom stereocenters. The molecule has 1 atom stereocenters. The average Bonchev–Trinajstić information content (AvgIpc) is 2.56. The minimum atomic E-state index is -0.240. The number of hydrogen-bond acceptors (Lipinski definition) is 1. The van der Waals surface area contributed by atoms with Gasteiger partial charge in [0.25, 0.3) is 0 Å². The van der Waals surface area contributed by atoms with Gasteiger partial charge in [0.2, 0.25) is 0 Å². The molecule has 2 aromatic rings. The Morgan fingerprint density at radius 1 is 1.35 bits per heavy atom. The van der Waals surface area contributed by atoms with Crippen LogP contribution in [0.3, 0.4) is 0 Å². The molecule has 1 heterocycles. The predicted molar refractivity (Wildman–Crippen MR) is 68.8 cm³/mol. The average molecular weight is 255 g/mol. The van der Waals surface area contributed by atoms with E-state index in [9.17, 15) is 4.39 Å². The van der Waals surface area contributed by atoms with E-state index in [1.165, 1.54) is 12.1 Å². The molecule has 0 bridgehead atoms. The highest BCUT2D eigenvalue weighted by Gasteiger charge is 2.15. The Morgan fingerprint density at radius 3 is 2.65 bits per heavy atom. The number of benzene rings is 1. The van der Waals surface area contributed by atoms with E-state index in [2.05, 4.69) is 18.8 Å². The van der Waals surface area contributed by atoms with E-state index in [4.69, 9.17) is 11.6 Å². The third-order valence-electron chi connectivity index (χ3n) is 2.64. The molecule has 0 aliphatic rings. The molecule has 0 radical (unpaired) electrons. The van der Waals surface area contributed by atoms with Gasteiger partial charge >= 0.3 is 0 Å². The molecule has 2 nitrogen and oxygen atoms in total. The molecule has 4 heteroatoms. The molecule has 0 saturated heterocycles. The van der Waals surface area contributed by atoms with Crippen molar-refractivity contribution in [3.05, 3.63) is 29.8 Å². The fourth-order valence-electron chi connectivity index (χ4n) is 1.98. The topological polar surface area (TPSA) is 17.8 Å². The second-order valence-electron chi connectivity index (χ2n) is 4.72. The number of nitrogens with zero attached hydrogens (tertiary/aromatic N) is 2. The summed E-state index contributed by atoms with van der Waals surface area (Å²) in [5.74, 6) is 1.03. The minimum Gasteiger partial charge on any atom is -0.326 e. The van der Waals surface area contributed by atoms with Crippen molar-refractivity contribution >= 4 is 22.6 Å². The Morgan fingerprint density at radius 2 is 2.06 bits per heavy atom. The first kappa shape index (κ1) is 12.4. The Bertz CT molecular complexity index is 531. The Balaban J connectivity index is 2.64. The van der Waals surface area contributed by atoms with E-state index in [1.54, 1.807) is 6.07 Å². The van der Waals surface area contributed by atoms with Gasteiger partial charge in [-0.25, -0.2) is 9.37 Å². The monoisotopic (exact) mass is 254 g/mol. The number of alkyl halides is 1. The lowest BCUT2D eigenvalue weighted by Gasteiger charge is -2.12. The number of halogens is 2. The van der Waals surface area contributed by atoms with Crippen molar-refractivity contribution in [2.24, 2.45) is 5.92 Å². The highest BCUT2D eigenvalue weighted by molar-refractivity contribution is 6.20. The minimum absolute atomic E-state index is 0.177. The van der Waals surface area contributed by atoms with Crippen LogP contribution in [-0.4, -0.2) is 9.55 Å². The summed E-state index contributed by atoms with van der Waals surface area (Å²) in [4.78, 5) is 4.47. The Kier molecular flexibility index (Phi) is 3.38. The Hall–Kier alpha value is -1.09. The maximum Gasteiger partial charge on any atom is 0.127 e. The fourth-order valence-corrected chi connectivity index (χ4v) is 2.14. The van der Waals surface area contributed by atoms with Crippen molar-refractivity contribution in [1.82, 2.24) is 9.55 Å². The highest BCUT2D eigenvalue weighted by Crippen LogP contribution is 2.26. The van der Waals surface area contributed by atoms with Gasteiger partial charge in [-0.3, -0.25) is 0 Å². The summed E-state index contributed by atoms with van der Waals surface area (Å²) in [6, 6.07) is 4.65. The number of aromatic nitrogens is 2. The van der Waals surface area contributed by atoms with Crippen molar-refractivity contribution in [1.29, 1.82) is 0 Å². The summed E-state index contributed by atoms with van der Waals surface area (Å²) >= 11 is 6.13. The van der Waals surface area contributed by atoms with Gasteiger partial charge in [0.15, 0.2) is 0 Å². The largest absolute Gasteiger partial charge is 0.326 e. The lowest BCUT2D eigenvalue weighted by Crippen LogP contribution is -2.09. The van der Waals surface area contributed by atoms with Gasteiger partial charge < -0.3 is 4.57 Å². The zero-order chi connectivity index (χ0) is 12.6. The van der Waals surface area contributed by atoms with Gasteiger partial charge in [0.05, 0.1) is 16.4 Å². The van der Waals surface area contributed by atoms with Gasteiger partial charge in [-0.2, -0.15) is 0 Å². The number of hydrogen-bond donors (Lipinski definition) is 0. The molecule has 1 aromatic heterocycles. The van der Waals surface area contributed by atoms with Gasteiger partial charge in [0, 0.05) is 6.54 Å². The van der Waals surface area contributed by atoms with E-state index in [-0.39, 0.29) is 11.2 Å². The third kappa shape index (κ3) is 2.44. The second-order valence-corrected chi connectivity index (χ2v) is 5.38. The van der Waals surface area contributed by atoms with E-state index in [0.29, 0.717) is 5.92 Å². The van der Waals surface area contributed by atoms with Crippen LogP contribution in [0.1, 0.15) is 32.0 Å². The van der Waals surface area contributed by atoms with E-state index in [1.807, 2.05) is 11.5 Å². The molecular weight excluding hydrogens is 239 g/mol. The molecule has 0 amide bonds. The Labute approximate surface area is 105 Å². The number of fused-ring (bicyclic) bond motifs is 1. The summed E-state index contributed by atoms with van der Waals surface area (Å²) in [6.07, 6.45) is 0. The van der Waals surface area contributed by atoms with Crippen molar-refractivity contribution in [3.8, 4) is 0 Å². The highest BCUT2D eigenvalue weighted by atomic mass is 35.5. The summed E-state index contributed by atoms with van der Waals surface area (Å²) in [5.41, 5.74) is 1.62. The van der Waals surface area contributed by atoms with Crippen molar-refractivity contribution in [3.63, 3.8) is 0 Å². The summed E-state index contributed by atoms with van der Waals surface area (Å²) in [5, 5.41) is -0.177. The van der Waals surface area contributed by atoms with Gasteiger partial charge in [-0.1, -0.05) is 13.8 Å². The first-order valence-corrected chi connectivity index (χ1v) is 6.22. The lowest BCUT2D eigenvalue weighted by molar-refractivity contribution is 0.516. The van der Waals surface area contributed by atoms with Crippen LogP contribution in [0.15, 0.2) is 18.2 Å². The van der Waals surface area contributed by atoms with E-state index < -0.39 is 0 Å². The third-order valence-corrected chi connectivity index (χ3v) is 2.84. The molecule has 0 aliphatic carbocycles. The smallest absolute Gasteiger partial charge is 0.127 e. The second kappa shape index (κ2) is 4.65. The zero-order valence-electron chi connectivity index (χ0n) is 10.2. The maximum atomic E-state index is 13.3. The SMILES string of the molecule is CC(C)Cn1c(C(C)Cl)nc2ccc(F)cc21. The summed E-state index contributed by atoms with van der Waals surface area (Å²) < 4.78 is 15.3. The number of imidazole rings is 1. The normalized spacial score (nSPS) is 13.5. The van der Waals surface area contributed by atoms with Crippen molar-refractivity contribution < 1.29 is 4.39 Å². The summed E-state index contributed by atoms with van der Waals surface area (Å²) in [7, 11) is 0. The lowest BCUT2D eigenvalue weighted by atomic mass is 10.2. The molecule has 0 fully saturated rings. The van der Waals surface area contributed by atoms with Gasteiger partial charge in [-0.05, 0) is 31.0 Å². The van der Waals surface area contributed by atoms with E-state index in [0.717, 1.165) is 23.4 Å². The van der Waals surface area contributed by atoms with Crippen LogP contribution in [-0.2, 0) is 6.54 Å². The zero-order valence-corrected chi connectivity index (χ0v) is 11.0. The maximum absolute atomic E-state index is 13.3.